The third-order valence-electron chi connectivity index (χ3n) is 1.36. The number of rotatable bonds is 4. The molecule has 0 saturated heterocycles. The van der Waals surface area contributed by atoms with Gasteiger partial charge in [-0.3, -0.25) is 0 Å². The molecule has 0 fully saturated rings. The van der Waals surface area contributed by atoms with Crippen LogP contribution in [0.2, 0.25) is 10.5 Å². The first-order chi connectivity index (χ1) is 6.61. The van der Waals surface area contributed by atoms with Gasteiger partial charge in [-0.1, -0.05) is 0 Å². The minimum atomic E-state index is -0.245. The van der Waals surface area contributed by atoms with Crippen LogP contribution >= 0.6 is 11.6 Å². The number of anilines is 1. The van der Waals surface area contributed by atoms with Crippen molar-refractivity contribution in [2.24, 2.45) is 0 Å². The number of aromatic nitrogens is 3. The number of hydrogen-bond donors (Lipinski definition) is 1. The third-order valence-corrected chi connectivity index (χ3v) is 3.40. The molecule has 6 heteroatoms. The molecular weight excluding hydrogens is 262 g/mol. The van der Waals surface area contributed by atoms with E-state index in [-0.39, 0.29) is 21.0 Å². The van der Waals surface area contributed by atoms with Crippen LogP contribution in [0.4, 0.5) is 5.95 Å². The molecule has 0 saturated carbocycles. The SMILES string of the molecule is CC[AsH]c1nc(Cl)nc(NC(C)C)n1. The van der Waals surface area contributed by atoms with Crippen LogP contribution in [0.3, 0.4) is 0 Å². The molecule has 0 aliphatic rings. The van der Waals surface area contributed by atoms with Crippen molar-refractivity contribution in [3.63, 3.8) is 0 Å². The monoisotopic (exact) mass is 276 g/mol. The number of nitrogens with zero attached hydrogens (tertiary/aromatic N) is 3. The standard InChI is InChI=1S/C8H14AsClN4/c1-4-9-6-12-7(10)14-8(13-6)11-5(2)3/h5,9H,4H2,1-3H3,(H,11,12,13,14). The van der Waals surface area contributed by atoms with Crippen molar-refractivity contribution in [1.82, 2.24) is 15.0 Å². The molecule has 78 valence electrons. The molecule has 0 radical (unpaired) electrons. The molecule has 1 unspecified atom stereocenters. The number of hydrogen-bond acceptors (Lipinski definition) is 4. The fourth-order valence-corrected chi connectivity index (χ4v) is 2.66. The molecule has 0 aliphatic carbocycles. The average Bonchev–Trinajstić information content (AvgIpc) is 2.01. The van der Waals surface area contributed by atoms with Gasteiger partial charge in [-0.2, -0.15) is 0 Å². The fourth-order valence-electron chi connectivity index (χ4n) is 0.910. The Morgan fingerprint density at radius 1 is 1.36 bits per heavy atom. The quantitative estimate of drug-likeness (QED) is 0.828. The van der Waals surface area contributed by atoms with Crippen molar-refractivity contribution in [1.29, 1.82) is 0 Å². The second-order valence-electron chi connectivity index (χ2n) is 3.08. The number of halogens is 1. The van der Waals surface area contributed by atoms with Gasteiger partial charge in [-0.25, -0.2) is 0 Å². The van der Waals surface area contributed by atoms with Crippen molar-refractivity contribution in [3.8, 4) is 0 Å². The summed E-state index contributed by atoms with van der Waals surface area (Å²) in [6.07, 6.45) is 0. The van der Waals surface area contributed by atoms with Gasteiger partial charge in [0.15, 0.2) is 0 Å². The van der Waals surface area contributed by atoms with E-state index in [9.17, 15) is 0 Å². The second kappa shape index (κ2) is 5.52. The maximum atomic E-state index is 5.79. The van der Waals surface area contributed by atoms with Gasteiger partial charge in [-0.05, 0) is 0 Å². The summed E-state index contributed by atoms with van der Waals surface area (Å²) in [5, 5.41) is 4.53. The van der Waals surface area contributed by atoms with Gasteiger partial charge in [0.2, 0.25) is 0 Å². The first-order valence-electron chi connectivity index (χ1n) is 4.53. The Morgan fingerprint density at radius 3 is 2.64 bits per heavy atom. The molecule has 1 rings (SSSR count). The van der Waals surface area contributed by atoms with E-state index in [0.717, 1.165) is 9.82 Å². The van der Waals surface area contributed by atoms with E-state index in [1.54, 1.807) is 0 Å². The van der Waals surface area contributed by atoms with Crippen LogP contribution in [0.1, 0.15) is 20.8 Å². The first-order valence-corrected chi connectivity index (χ1v) is 7.45. The summed E-state index contributed by atoms with van der Waals surface area (Å²) in [5.41, 5.74) is 0. The molecule has 0 aromatic carbocycles. The summed E-state index contributed by atoms with van der Waals surface area (Å²) < 4.78 is 0.871. The van der Waals surface area contributed by atoms with E-state index in [0.29, 0.717) is 12.0 Å². The van der Waals surface area contributed by atoms with Crippen LogP contribution in [0, 0.1) is 0 Å². The topological polar surface area (TPSA) is 50.7 Å². The molecule has 1 heterocycles. The summed E-state index contributed by atoms with van der Waals surface area (Å²) in [6.45, 7) is 6.20. The van der Waals surface area contributed by atoms with Crippen molar-refractivity contribution in [2.75, 3.05) is 5.32 Å². The van der Waals surface area contributed by atoms with Crippen molar-refractivity contribution in [2.45, 2.75) is 32.0 Å². The molecule has 0 bridgehead atoms. The Bertz CT molecular complexity index is 305. The van der Waals surface area contributed by atoms with Crippen LogP contribution in [0.15, 0.2) is 0 Å². The maximum absolute atomic E-state index is 5.79. The molecule has 4 nitrogen and oxygen atoms in total. The van der Waals surface area contributed by atoms with E-state index in [4.69, 9.17) is 11.6 Å². The van der Waals surface area contributed by atoms with Crippen LogP contribution in [-0.4, -0.2) is 36.7 Å². The van der Waals surface area contributed by atoms with Crippen molar-refractivity contribution < 1.29 is 0 Å². The molecule has 1 atom stereocenters. The van der Waals surface area contributed by atoms with E-state index in [1.165, 1.54) is 0 Å². The second-order valence-corrected chi connectivity index (χ2v) is 6.58. The minimum absolute atomic E-state index is 0.245. The van der Waals surface area contributed by atoms with Crippen molar-refractivity contribution in [3.05, 3.63) is 5.28 Å². The number of nitrogens with one attached hydrogen (secondary N) is 1. The Labute approximate surface area is 95.6 Å². The normalized spacial score (nSPS) is 11.5. The Morgan fingerprint density at radius 2 is 2.07 bits per heavy atom. The third kappa shape index (κ3) is 3.80. The van der Waals surface area contributed by atoms with E-state index in [1.807, 2.05) is 13.8 Å². The Hall–Kier alpha value is -0.342. The summed E-state index contributed by atoms with van der Waals surface area (Å²) in [4.78, 5) is 12.4. The van der Waals surface area contributed by atoms with Gasteiger partial charge in [0, 0.05) is 0 Å². The molecule has 0 aliphatic heterocycles. The Kier molecular flexibility index (Phi) is 4.62. The zero-order valence-corrected chi connectivity index (χ0v) is 11.4. The average molecular weight is 277 g/mol. The molecule has 0 amide bonds. The van der Waals surface area contributed by atoms with Crippen LogP contribution in [-0.2, 0) is 0 Å². The predicted molar refractivity (Wildman–Crippen MR) is 60.9 cm³/mol. The zero-order valence-electron chi connectivity index (χ0n) is 8.50. The zero-order chi connectivity index (χ0) is 10.6. The summed E-state index contributed by atoms with van der Waals surface area (Å²) in [6, 6.07) is 0.308. The summed E-state index contributed by atoms with van der Waals surface area (Å²) in [7, 11) is 0. The molecular formula is C8H14AsClN4. The van der Waals surface area contributed by atoms with E-state index < -0.39 is 0 Å². The van der Waals surface area contributed by atoms with Gasteiger partial charge in [0.25, 0.3) is 0 Å². The van der Waals surface area contributed by atoms with Gasteiger partial charge in [0.1, 0.15) is 0 Å². The Balaban J connectivity index is 2.83. The van der Waals surface area contributed by atoms with Gasteiger partial charge in [0.05, 0.1) is 0 Å². The van der Waals surface area contributed by atoms with Gasteiger partial charge in [-0.15, -0.1) is 0 Å². The van der Waals surface area contributed by atoms with Crippen LogP contribution in [0.25, 0.3) is 0 Å². The molecule has 14 heavy (non-hydrogen) atoms. The molecule has 0 spiro atoms. The van der Waals surface area contributed by atoms with E-state index >= 15 is 0 Å². The van der Waals surface area contributed by atoms with Crippen LogP contribution in [0.5, 0.6) is 0 Å². The van der Waals surface area contributed by atoms with Gasteiger partial charge >= 0.3 is 95.5 Å². The summed E-state index contributed by atoms with van der Waals surface area (Å²) in [5.74, 6) is 0.590. The van der Waals surface area contributed by atoms with Crippen molar-refractivity contribution >= 4 is 37.9 Å². The fraction of sp³-hybridized carbons (Fsp3) is 0.625. The van der Waals surface area contributed by atoms with Gasteiger partial charge < -0.3 is 0 Å². The van der Waals surface area contributed by atoms with Crippen LogP contribution < -0.4 is 9.93 Å². The summed E-state index contributed by atoms with van der Waals surface area (Å²) >= 11 is 5.54. The predicted octanol–water partition coefficient (Wildman–Crippen LogP) is 0.845. The first kappa shape index (κ1) is 11.7. The molecule has 1 N–H and O–H groups in total. The molecule has 1 aromatic rings. The molecule has 1 aromatic heterocycles. The van der Waals surface area contributed by atoms with E-state index in [2.05, 4.69) is 27.2 Å².